The van der Waals surface area contributed by atoms with E-state index in [1.165, 1.54) is 11.1 Å². The van der Waals surface area contributed by atoms with Gasteiger partial charge in [0.1, 0.15) is 5.75 Å². The Morgan fingerprint density at radius 2 is 1.91 bits per heavy atom. The third-order valence-electron chi connectivity index (χ3n) is 5.26. The number of nitrogens with zero attached hydrogens (tertiary/aromatic N) is 2. The van der Waals surface area contributed by atoms with Crippen LogP contribution in [0, 0.1) is 0 Å². The minimum Gasteiger partial charge on any atom is -0.493 e. The molecule has 0 radical (unpaired) electrons. The minimum absolute atomic E-state index is 0. The molecule has 1 amide bonds. The van der Waals surface area contributed by atoms with Crippen LogP contribution in [0.2, 0.25) is 0 Å². The maximum atomic E-state index is 12.4. The van der Waals surface area contributed by atoms with Crippen LogP contribution in [0.1, 0.15) is 34.0 Å². The van der Waals surface area contributed by atoms with Gasteiger partial charge in [0.2, 0.25) is 0 Å². The van der Waals surface area contributed by atoms with Crippen LogP contribution in [0.4, 0.5) is 0 Å². The van der Waals surface area contributed by atoms with E-state index in [0.717, 1.165) is 56.4 Å². The number of amides is 1. The highest BCUT2D eigenvalue weighted by Gasteiger charge is 2.12. The first kappa shape index (κ1) is 26.9. The number of hydrogen-bond acceptors (Lipinski definition) is 4. The lowest BCUT2D eigenvalue weighted by Crippen LogP contribution is -2.38. The molecule has 0 bridgehead atoms. The van der Waals surface area contributed by atoms with Crippen LogP contribution in [-0.4, -0.2) is 63.6 Å². The van der Waals surface area contributed by atoms with E-state index in [0.29, 0.717) is 18.7 Å². The topological polar surface area (TPSA) is 78.0 Å². The van der Waals surface area contributed by atoms with Crippen molar-refractivity contribution in [1.82, 2.24) is 20.9 Å². The summed E-state index contributed by atoms with van der Waals surface area (Å²) in [5.41, 5.74) is 4.26. The fourth-order valence-electron chi connectivity index (χ4n) is 3.54. The predicted molar refractivity (Wildman–Crippen MR) is 145 cm³/mol. The molecule has 0 saturated heterocycles. The van der Waals surface area contributed by atoms with Gasteiger partial charge in [-0.1, -0.05) is 24.3 Å². The Bertz CT molecular complexity index is 933. The summed E-state index contributed by atoms with van der Waals surface area (Å²) in [5, 5.41) is 9.65. The number of nitrogens with one attached hydrogen (secondary N) is 3. The van der Waals surface area contributed by atoms with Crippen LogP contribution < -0.4 is 20.7 Å². The number of ether oxygens (including phenoxy) is 1. The van der Waals surface area contributed by atoms with Gasteiger partial charge >= 0.3 is 0 Å². The van der Waals surface area contributed by atoms with Gasteiger partial charge in [-0.25, -0.2) is 4.99 Å². The van der Waals surface area contributed by atoms with Gasteiger partial charge in [0.05, 0.1) is 13.2 Å². The van der Waals surface area contributed by atoms with Crippen molar-refractivity contribution in [3.63, 3.8) is 0 Å². The number of aliphatic imine (C=N–C) groups is 1. The average Bonchev–Trinajstić information content (AvgIpc) is 3.25. The van der Waals surface area contributed by atoms with Gasteiger partial charge in [-0.15, -0.1) is 24.0 Å². The lowest BCUT2D eigenvalue weighted by Gasteiger charge is -2.12. The van der Waals surface area contributed by atoms with Crippen LogP contribution >= 0.6 is 24.0 Å². The monoisotopic (exact) mass is 565 g/mol. The molecular formula is C25H36IN5O2. The second-order valence-corrected chi connectivity index (χ2v) is 8.17. The summed E-state index contributed by atoms with van der Waals surface area (Å²) in [6, 6.07) is 14.1. The first-order chi connectivity index (χ1) is 15.5. The summed E-state index contributed by atoms with van der Waals surface area (Å²) in [6.07, 6.45) is 1.91. The maximum Gasteiger partial charge on any atom is 0.251 e. The lowest BCUT2D eigenvalue weighted by molar-refractivity contribution is 0.0951. The smallest absolute Gasteiger partial charge is 0.251 e. The van der Waals surface area contributed by atoms with E-state index in [-0.39, 0.29) is 29.9 Å². The van der Waals surface area contributed by atoms with Crippen molar-refractivity contribution >= 4 is 35.8 Å². The van der Waals surface area contributed by atoms with E-state index in [1.807, 2.05) is 43.3 Å². The summed E-state index contributed by atoms with van der Waals surface area (Å²) < 4.78 is 5.58. The van der Waals surface area contributed by atoms with Crippen LogP contribution in [0.15, 0.2) is 47.5 Å². The van der Waals surface area contributed by atoms with E-state index in [4.69, 9.17) is 9.73 Å². The normalized spacial score (nSPS) is 12.5. The van der Waals surface area contributed by atoms with Gasteiger partial charge < -0.3 is 25.6 Å². The van der Waals surface area contributed by atoms with Gasteiger partial charge in [-0.2, -0.15) is 0 Å². The highest BCUT2D eigenvalue weighted by molar-refractivity contribution is 14.0. The Balaban J connectivity index is 0.00000385. The number of carbonyl (C=O) groups is 1. The molecular weight excluding hydrogens is 529 g/mol. The van der Waals surface area contributed by atoms with Gasteiger partial charge in [0.15, 0.2) is 5.96 Å². The molecule has 1 aliphatic rings. The molecule has 2 aromatic carbocycles. The summed E-state index contributed by atoms with van der Waals surface area (Å²) in [6.45, 7) is 6.36. The SMILES string of the molecule is CCNC(=NCc1cccc(C(=O)NCCN(C)C)c1)NCCc1ccc2c(c1)CCO2.I. The van der Waals surface area contributed by atoms with Crippen molar-refractivity contribution in [2.75, 3.05) is 46.9 Å². The highest BCUT2D eigenvalue weighted by atomic mass is 127. The fourth-order valence-corrected chi connectivity index (χ4v) is 3.54. The van der Waals surface area contributed by atoms with E-state index < -0.39 is 0 Å². The highest BCUT2D eigenvalue weighted by Crippen LogP contribution is 2.25. The minimum atomic E-state index is -0.0533. The van der Waals surface area contributed by atoms with Crippen molar-refractivity contribution in [3.8, 4) is 5.75 Å². The molecule has 0 atom stereocenters. The van der Waals surface area contributed by atoms with E-state index in [2.05, 4.69) is 41.1 Å². The van der Waals surface area contributed by atoms with E-state index >= 15 is 0 Å². The molecule has 1 heterocycles. The van der Waals surface area contributed by atoms with Gasteiger partial charge in [0.25, 0.3) is 5.91 Å². The largest absolute Gasteiger partial charge is 0.493 e. The Morgan fingerprint density at radius 1 is 1.06 bits per heavy atom. The molecule has 0 aromatic heterocycles. The first-order valence-electron chi connectivity index (χ1n) is 11.3. The molecule has 7 nitrogen and oxygen atoms in total. The quantitative estimate of drug-likeness (QED) is 0.235. The van der Waals surface area contributed by atoms with Crippen molar-refractivity contribution in [1.29, 1.82) is 0 Å². The second-order valence-electron chi connectivity index (χ2n) is 8.17. The summed E-state index contributed by atoms with van der Waals surface area (Å²) in [5.74, 6) is 1.74. The number of fused-ring (bicyclic) bond motifs is 1. The Morgan fingerprint density at radius 3 is 2.70 bits per heavy atom. The van der Waals surface area contributed by atoms with Crippen molar-refractivity contribution in [2.45, 2.75) is 26.3 Å². The van der Waals surface area contributed by atoms with Crippen LogP contribution in [-0.2, 0) is 19.4 Å². The first-order valence-corrected chi connectivity index (χ1v) is 11.3. The third kappa shape index (κ3) is 8.85. The zero-order valence-electron chi connectivity index (χ0n) is 19.8. The molecule has 0 saturated carbocycles. The number of hydrogen-bond donors (Lipinski definition) is 3. The summed E-state index contributed by atoms with van der Waals surface area (Å²) in [7, 11) is 3.98. The number of carbonyl (C=O) groups excluding carboxylic acids is 1. The number of halogens is 1. The molecule has 33 heavy (non-hydrogen) atoms. The third-order valence-corrected chi connectivity index (χ3v) is 5.26. The molecule has 180 valence electrons. The Labute approximate surface area is 214 Å². The molecule has 8 heteroatoms. The molecule has 3 rings (SSSR count). The molecule has 1 aliphatic heterocycles. The number of guanidine groups is 1. The predicted octanol–water partition coefficient (Wildman–Crippen LogP) is 2.83. The van der Waals surface area contributed by atoms with Gasteiger partial charge in [-0.3, -0.25) is 4.79 Å². The van der Waals surface area contributed by atoms with Gasteiger partial charge in [-0.05, 0) is 62.3 Å². The number of benzene rings is 2. The fraction of sp³-hybridized carbons (Fsp3) is 0.440. The van der Waals surface area contributed by atoms with Crippen molar-refractivity contribution in [2.24, 2.45) is 4.99 Å². The Kier molecular flexibility index (Phi) is 11.5. The summed E-state index contributed by atoms with van der Waals surface area (Å²) in [4.78, 5) is 19.1. The molecule has 0 aliphatic carbocycles. The Hall–Kier alpha value is -2.33. The second kappa shape index (κ2) is 14.0. The maximum absolute atomic E-state index is 12.4. The zero-order valence-corrected chi connectivity index (χ0v) is 22.1. The van der Waals surface area contributed by atoms with Crippen molar-refractivity contribution < 1.29 is 9.53 Å². The van der Waals surface area contributed by atoms with Crippen LogP contribution in [0.5, 0.6) is 5.75 Å². The standard InChI is InChI=1S/C25H35N5O2.HI/c1-4-26-25(28-12-10-19-8-9-23-21(16-19)11-15-32-23)29-18-20-6-5-7-22(17-20)24(31)27-13-14-30(2)3;/h5-9,16-17H,4,10-15,18H2,1-3H3,(H,27,31)(H2,26,28,29);1H. The van der Waals surface area contributed by atoms with E-state index in [1.54, 1.807) is 0 Å². The molecule has 0 unspecified atom stereocenters. The van der Waals surface area contributed by atoms with Crippen molar-refractivity contribution in [3.05, 3.63) is 64.7 Å². The molecule has 0 fully saturated rings. The average molecular weight is 566 g/mol. The number of likely N-dealkylation sites (N-methyl/N-ethyl adjacent to an activating group) is 1. The lowest BCUT2D eigenvalue weighted by atomic mass is 10.1. The number of rotatable bonds is 10. The van der Waals surface area contributed by atoms with Crippen LogP contribution in [0.25, 0.3) is 0 Å². The molecule has 2 aromatic rings. The van der Waals surface area contributed by atoms with Gasteiger partial charge in [0, 0.05) is 38.2 Å². The zero-order chi connectivity index (χ0) is 22.8. The summed E-state index contributed by atoms with van der Waals surface area (Å²) >= 11 is 0. The van der Waals surface area contributed by atoms with E-state index in [9.17, 15) is 4.79 Å². The molecule has 3 N–H and O–H groups in total. The van der Waals surface area contributed by atoms with Crippen LogP contribution in [0.3, 0.4) is 0 Å². The molecule has 0 spiro atoms.